The standard InChI is InChI=1S/C15H22O3/c1-12-7-8-15(16,11-12)13-5-3-4-6-14(13)18-10-9-17-2/h3-6,12,16H,7-11H2,1-2H3. The van der Waals surface area contributed by atoms with Crippen molar-refractivity contribution in [1.82, 2.24) is 0 Å². The zero-order chi connectivity index (χ0) is 13.0. The lowest BCUT2D eigenvalue weighted by Gasteiger charge is -2.25. The second kappa shape index (κ2) is 5.72. The second-order valence-corrected chi connectivity index (χ2v) is 5.22. The lowest BCUT2D eigenvalue weighted by molar-refractivity contribution is 0.0367. The molecule has 0 amide bonds. The van der Waals surface area contributed by atoms with Crippen LogP contribution in [-0.2, 0) is 10.3 Å². The van der Waals surface area contributed by atoms with Gasteiger partial charge in [-0.2, -0.15) is 0 Å². The Morgan fingerprint density at radius 3 is 2.78 bits per heavy atom. The molecule has 18 heavy (non-hydrogen) atoms. The summed E-state index contributed by atoms with van der Waals surface area (Å²) in [5.74, 6) is 1.35. The van der Waals surface area contributed by atoms with E-state index < -0.39 is 5.60 Å². The molecule has 0 heterocycles. The smallest absolute Gasteiger partial charge is 0.125 e. The number of rotatable bonds is 5. The summed E-state index contributed by atoms with van der Waals surface area (Å²) in [4.78, 5) is 0. The molecule has 0 aliphatic heterocycles. The minimum absolute atomic E-state index is 0.513. The Morgan fingerprint density at radius 1 is 1.33 bits per heavy atom. The fourth-order valence-corrected chi connectivity index (χ4v) is 2.72. The quantitative estimate of drug-likeness (QED) is 0.817. The highest BCUT2D eigenvalue weighted by Gasteiger charge is 2.38. The van der Waals surface area contributed by atoms with Gasteiger partial charge in [0.15, 0.2) is 0 Å². The molecule has 100 valence electrons. The van der Waals surface area contributed by atoms with Crippen molar-refractivity contribution in [2.24, 2.45) is 5.92 Å². The number of hydrogen-bond donors (Lipinski definition) is 1. The van der Waals surface area contributed by atoms with Crippen molar-refractivity contribution in [3.63, 3.8) is 0 Å². The van der Waals surface area contributed by atoms with Crippen LogP contribution in [0, 0.1) is 5.92 Å². The third-order valence-electron chi connectivity index (χ3n) is 3.67. The predicted octanol–water partition coefficient (Wildman–Crippen LogP) is 2.72. The van der Waals surface area contributed by atoms with Gasteiger partial charge in [-0.05, 0) is 31.2 Å². The first-order chi connectivity index (χ1) is 8.65. The van der Waals surface area contributed by atoms with E-state index in [9.17, 15) is 5.11 Å². The Bertz CT molecular complexity index is 391. The highest BCUT2D eigenvalue weighted by molar-refractivity contribution is 5.38. The van der Waals surface area contributed by atoms with Crippen molar-refractivity contribution in [2.45, 2.75) is 31.8 Å². The number of benzene rings is 1. The minimum atomic E-state index is -0.719. The van der Waals surface area contributed by atoms with Crippen LogP contribution < -0.4 is 4.74 Å². The molecule has 0 radical (unpaired) electrons. The maximum absolute atomic E-state index is 10.8. The summed E-state index contributed by atoms with van der Waals surface area (Å²) in [6, 6.07) is 7.79. The lowest BCUT2D eigenvalue weighted by Crippen LogP contribution is -2.23. The second-order valence-electron chi connectivity index (χ2n) is 5.22. The van der Waals surface area contributed by atoms with E-state index in [-0.39, 0.29) is 0 Å². The Balaban J connectivity index is 2.16. The molecule has 1 aliphatic carbocycles. The maximum atomic E-state index is 10.8. The maximum Gasteiger partial charge on any atom is 0.125 e. The monoisotopic (exact) mass is 250 g/mol. The molecule has 1 aliphatic rings. The van der Waals surface area contributed by atoms with Gasteiger partial charge in [-0.3, -0.25) is 0 Å². The summed E-state index contributed by atoms with van der Waals surface area (Å²) in [6.07, 6.45) is 2.71. The Kier molecular flexibility index (Phi) is 4.25. The van der Waals surface area contributed by atoms with Crippen molar-refractivity contribution in [1.29, 1.82) is 0 Å². The van der Waals surface area contributed by atoms with E-state index in [0.29, 0.717) is 19.1 Å². The van der Waals surface area contributed by atoms with Crippen LogP contribution >= 0.6 is 0 Å². The largest absolute Gasteiger partial charge is 0.491 e. The zero-order valence-electron chi connectivity index (χ0n) is 11.2. The zero-order valence-corrected chi connectivity index (χ0v) is 11.2. The number of para-hydroxylation sites is 1. The van der Waals surface area contributed by atoms with Crippen molar-refractivity contribution >= 4 is 0 Å². The molecule has 2 atom stereocenters. The molecule has 1 N–H and O–H groups in total. The van der Waals surface area contributed by atoms with Gasteiger partial charge in [0.05, 0.1) is 12.2 Å². The molecular formula is C15H22O3. The number of ether oxygens (including phenoxy) is 2. The molecule has 0 saturated heterocycles. The van der Waals surface area contributed by atoms with Gasteiger partial charge in [0.2, 0.25) is 0 Å². The summed E-state index contributed by atoms with van der Waals surface area (Å²) < 4.78 is 10.7. The topological polar surface area (TPSA) is 38.7 Å². The summed E-state index contributed by atoms with van der Waals surface area (Å²) in [5, 5.41) is 10.8. The van der Waals surface area contributed by atoms with E-state index in [0.717, 1.165) is 30.6 Å². The van der Waals surface area contributed by atoms with Crippen molar-refractivity contribution in [3.8, 4) is 5.75 Å². The number of aliphatic hydroxyl groups is 1. The first-order valence-electron chi connectivity index (χ1n) is 6.59. The van der Waals surface area contributed by atoms with Gasteiger partial charge in [0, 0.05) is 12.7 Å². The summed E-state index contributed by atoms with van der Waals surface area (Å²) in [5.41, 5.74) is 0.203. The molecule has 3 heteroatoms. The average Bonchev–Trinajstić information content (AvgIpc) is 2.71. The van der Waals surface area contributed by atoms with E-state index in [1.807, 2.05) is 24.3 Å². The van der Waals surface area contributed by atoms with Crippen LogP contribution in [0.2, 0.25) is 0 Å². The molecular weight excluding hydrogens is 228 g/mol. The SMILES string of the molecule is COCCOc1ccccc1C1(O)CCC(C)C1. The normalized spacial score (nSPS) is 27.4. The Labute approximate surface area is 109 Å². The molecule has 1 aromatic rings. The molecule has 0 spiro atoms. The summed E-state index contributed by atoms with van der Waals surface area (Å²) in [7, 11) is 1.65. The first-order valence-corrected chi connectivity index (χ1v) is 6.59. The Morgan fingerprint density at radius 2 is 2.11 bits per heavy atom. The molecule has 0 aromatic heterocycles. The van der Waals surface area contributed by atoms with Crippen LogP contribution in [0.4, 0.5) is 0 Å². The molecule has 1 fully saturated rings. The fraction of sp³-hybridized carbons (Fsp3) is 0.600. The van der Waals surface area contributed by atoms with Crippen LogP contribution in [0.5, 0.6) is 5.75 Å². The molecule has 2 unspecified atom stereocenters. The van der Waals surface area contributed by atoms with Crippen molar-refractivity contribution in [3.05, 3.63) is 29.8 Å². The molecule has 0 bridgehead atoms. The van der Waals surface area contributed by atoms with Gasteiger partial charge in [0.25, 0.3) is 0 Å². The van der Waals surface area contributed by atoms with E-state index in [1.165, 1.54) is 0 Å². The van der Waals surface area contributed by atoms with Gasteiger partial charge in [-0.15, -0.1) is 0 Å². The molecule has 1 saturated carbocycles. The predicted molar refractivity (Wildman–Crippen MR) is 70.7 cm³/mol. The van der Waals surface area contributed by atoms with Gasteiger partial charge in [0.1, 0.15) is 12.4 Å². The average molecular weight is 250 g/mol. The molecule has 2 rings (SSSR count). The highest BCUT2D eigenvalue weighted by atomic mass is 16.5. The first kappa shape index (κ1) is 13.4. The molecule has 1 aromatic carbocycles. The third-order valence-corrected chi connectivity index (χ3v) is 3.67. The van der Waals surface area contributed by atoms with E-state index in [1.54, 1.807) is 7.11 Å². The number of methoxy groups -OCH3 is 1. The van der Waals surface area contributed by atoms with Crippen LogP contribution in [-0.4, -0.2) is 25.4 Å². The van der Waals surface area contributed by atoms with Gasteiger partial charge in [-0.1, -0.05) is 25.1 Å². The Hall–Kier alpha value is -1.06. The fourth-order valence-electron chi connectivity index (χ4n) is 2.72. The lowest BCUT2D eigenvalue weighted by atomic mass is 9.90. The van der Waals surface area contributed by atoms with Crippen molar-refractivity contribution in [2.75, 3.05) is 20.3 Å². The van der Waals surface area contributed by atoms with Gasteiger partial charge >= 0.3 is 0 Å². The summed E-state index contributed by atoms with van der Waals surface area (Å²) in [6.45, 7) is 3.26. The van der Waals surface area contributed by atoms with Crippen LogP contribution in [0.25, 0.3) is 0 Å². The van der Waals surface area contributed by atoms with Crippen LogP contribution in [0.3, 0.4) is 0 Å². The summed E-state index contributed by atoms with van der Waals surface area (Å²) >= 11 is 0. The van der Waals surface area contributed by atoms with Crippen molar-refractivity contribution < 1.29 is 14.6 Å². The van der Waals surface area contributed by atoms with E-state index in [4.69, 9.17) is 9.47 Å². The molecule has 3 nitrogen and oxygen atoms in total. The van der Waals surface area contributed by atoms with Gasteiger partial charge in [-0.25, -0.2) is 0 Å². The minimum Gasteiger partial charge on any atom is -0.491 e. The van der Waals surface area contributed by atoms with E-state index >= 15 is 0 Å². The number of hydrogen-bond acceptors (Lipinski definition) is 3. The van der Waals surface area contributed by atoms with Crippen LogP contribution in [0.15, 0.2) is 24.3 Å². The highest BCUT2D eigenvalue weighted by Crippen LogP contribution is 2.44. The third kappa shape index (κ3) is 2.85. The van der Waals surface area contributed by atoms with Gasteiger partial charge < -0.3 is 14.6 Å². The van der Waals surface area contributed by atoms with Crippen LogP contribution in [0.1, 0.15) is 31.7 Å². The van der Waals surface area contributed by atoms with E-state index in [2.05, 4.69) is 6.92 Å².